The fourth-order valence-electron chi connectivity index (χ4n) is 2.66. The second-order valence-corrected chi connectivity index (χ2v) is 5.60. The van der Waals surface area contributed by atoms with E-state index in [1.54, 1.807) is 0 Å². The molecule has 3 heteroatoms. The topological polar surface area (TPSA) is 37.0 Å². The predicted octanol–water partition coefficient (Wildman–Crippen LogP) is 4.04. The van der Waals surface area contributed by atoms with Crippen LogP contribution in [0.3, 0.4) is 0 Å². The highest BCUT2D eigenvalue weighted by Crippen LogP contribution is 2.31. The Hall–Kier alpha value is -1.25. The molecule has 100 valence electrons. The van der Waals surface area contributed by atoms with Gasteiger partial charge in [0.25, 0.3) is 0 Å². The molecule has 1 aromatic heterocycles. The highest BCUT2D eigenvalue weighted by Gasteiger charge is 2.26. The van der Waals surface area contributed by atoms with Crippen LogP contribution in [0.2, 0.25) is 0 Å². The minimum absolute atomic E-state index is 0.266. The Morgan fingerprint density at radius 3 is 2.78 bits per heavy atom. The molecular formula is C15H25N3. The van der Waals surface area contributed by atoms with Crippen LogP contribution in [0.15, 0.2) is 18.3 Å². The van der Waals surface area contributed by atoms with Crippen molar-refractivity contribution in [3.63, 3.8) is 0 Å². The third-order valence-electron chi connectivity index (χ3n) is 3.72. The Kier molecular flexibility index (Phi) is 4.45. The van der Waals surface area contributed by atoms with Gasteiger partial charge in [-0.25, -0.2) is 4.98 Å². The van der Waals surface area contributed by atoms with E-state index in [4.69, 9.17) is 0 Å². The first-order valence-electron chi connectivity index (χ1n) is 7.20. The molecule has 0 radical (unpaired) electrons. The number of pyridine rings is 1. The van der Waals surface area contributed by atoms with E-state index >= 15 is 0 Å². The van der Waals surface area contributed by atoms with Crippen molar-refractivity contribution >= 4 is 11.5 Å². The summed E-state index contributed by atoms with van der Waals surface area (Å²) >= 11 is 0. The molecule has 0 aromatic carbocycles. The van der Waals surface area contributed by atoms with Crippen molar-refractivity contribution in [2.75, 3.05) is 17.2 Å². The van der Waals surface area contributed by atoms with Crippen molar-refractivity contribution in [1.29, 1.82) is 0 Å². The van der Waals surface area contributed by atoms with Gasteiger partial charge in [0, 0.05) is 30.0 Å². The molecule has 0 bridgehead atoms. The molecule has 0 spiro atoms. The van der Waals surface area contributed by atoms with Crippen LogP contribution in [0.5, 0.6) is 0 Å². The van der Waals surface area contributed by atoms with Gasteiger partial charge in [-0.05, 0) is 32.3 Å². The normalized spacial score (nSPS) is 18.3. The lowest BCUT2D eigenvalue weighted by atomic mass is 9.83. The minimum Gasteiger partial charge on any atom is -0.380 e. The number of nitrogens with zero attached hydrogens (tertiary/aromatic N) is 1. The minimum atomic E-state index is 0.266. The van der Waals surface area contributed by atoms with E-state index in [0.717, 1.165) is 18.8 Å². The van der Waals surface area contributed by atoms with Gasteiger partial charge >= 0.3 is 0 Å². The summed E-state index contributed by atoms with van der Waals surface area (Å²) in [5.74, 6) is 0.973. The van der Waals surface area contributed by atoms with E-state index in [9.17, 15) is 0 Å². The summed E-state index contributed by atoms with van der Waals surface area (Å²) < 4.78 is 0. The smallest absolute Gasteiger partial charge is 0.127 e. The maximum Gasteiger partial charge on any atom is 0.127 e. The van der Waals surface area contributed by atoms with Crippen molar-refractivity contribution in [3.05, 3.63) is 18.3 Å². The van der Waals surface area contributed by atoms with Crippen LogP contribution in [-0.2, 0) is 0 Å². The largest absolute Gasteiger partial charge is 0.380 e. The maximum atomic E-state index is 4.34. The summed E-state index contributed by atoms with van der Waals surface area (Å²) in [6.07, 6.45) is 9.62. The molecule has 1 aliphatic rings. The maximum absolute atomic E-state index is 4.34. The monoisotopic (exact) mass is 247 g/mol. The average Bonchev–Trinajstić information content (AvgIpc) is 2.37. The fraction of sp³-hybridized carbons (Fsp3) is 0.667. The van der Waals surface area contributed by atoms with Crippen LogP contribution in [0, 0.1) is 0 Å². The summed E-state index contributed by atoms with van der Waals surface area (Å²) in [7, 11) is 0. The average molecular weight is 247 g/mol. The van der Waals surface area contributed by atoms with Gasteiger partial charge in [-0.1, -0.05) is 26.2 Å². The summed E-state index contributed by atoms with van der Waals surface area (Å²) in [5, 5.41) is 7.03. The number of hydrogen-bond donors (Lipinski definition) is 2. The standard InChI is InChI=1S/C15H25N3/c1-3-10-16-14-12-13(7-11-17-14)18-15(2)8-5-4-6-9-15/h7,11-12H,3-6,8-10H2,1-2H3,(H2,16,17,18). The van der Waals surface area contributed by atoms with E-state index in [2.05, 4.69) is 41.6 Å². The number of anilines is 2. The van der Waals surface area contributed by atoms with E-state index in [1.807, 2.05) is 6.20 Å². The highest BCUT2D eigenvalue weighted by atomic mass is 15.0. The first-order valence-corrected chi connectivity index (χ1v) is 7.20. The Morgan fingerprint density at radius 2 is 2.06 bits per heavy atom. The van der Waals surface area contributed by atoms with Crippen LogP contribution >= 0.6 is 0 Å². The second-order valence-electron chi connectivity index (χ2n) is 5.60. The molecule has 0 amide bonds. The lowest BCUT2D eigenvalue weighted by molar-refractivity contribution is 0.349. The van der Waals surface area contributed by atoms with E-state index in [0.29, 0.717) is 0 Å². The van der Waals surface area contributed by atoms with Crippen molar-refractivity contribution in [2.45, 2.75) is 57.9 Å². The van der Waals surface area contributed by atoms with Gasteiger partial charge in [-0.15, -0.1) is 0 Å². The molecule has 0 unspecified atom stereocenters. The van der Waals surface area contributed by atoms with E-state index < -0.39 is 0 Å². The molecule has 3 nitrogen and oxygen atoms in total. The van der Waals surface area contributed by atoms with Gasteiger partial charge in [-0.2, -0.15) is 0 Å². The Labute approximate surface area is 110 Å². The molecule has 2 rings (SSSR count). The second kappa shape index (κ2) is 6.07. The van der Waals surface area contributed by atoms with Crippen molar-refractivity contribution in [2.24, 2.45) is 0 Å². The molecule has 18 heavy (non-hydrogen) atoms. The molecule has 1 saturated carbocycles. The number of hydrogen-bond acceptors (Lipinski definition) is 3. The van der Waals surface area contributed by atoms with E-state index in [1.165, 1.54) is 37.8 Å². The van der Waals surface area contributed by atoms with Crippen molar-refractivity contribution in [1.82, 2.24) is 4.98 Å². The summed E-state index contributed by atoms with van der Waals surface area (Å²) in [4.78, 5) is 4.34. The van der Waals surface area contributed by atoms with Crippen LogP contribution in [0.4, 0.5) is 11.5 Å². The SMILES string of the molecule is CCCNc1cc(NC2(C)CCCCC2)ccn1. The fourth-order valence-corrected chi connectivity index (χ4v) is 2.66. The molecule has 0 aliphatic heterocycles. The quantitative estimate of drug-likeness (QED) is 0.824. The van der Waals surface area contributed by atoms with Crippen molar-refractivity contribution in [3.8, 4) is 0 Å². The molecule has 2 N–H and O–H groups in total. The lowest BCUT2D eigenvalue weighted by Gasteiger charge is -2.35. The third-order valence-corrected chi connectivity index (χ3v) is 3.72. The third kappa shape index (κ3) is 3.62. The number of rotatable bonds is 5. The molecule has 1 aliphatic carbocycles. The van der Waals surface area contributed by atoms with Gasteiger partial charge in [0.2, 0.25) is 0 Å². The molecule has 1 aromatic rings. The van der Waals surface area contributed by atoms with Crippen LogP contribution in [-0.4, -0.2) is 17.1 Å². The molecular weight excluding hydrogens is 222 g/mol. The summed E-state index contributed by atoms with van der Waals surface area (Å²) in [6.45, 7) is 5.48. The number of nitrogens with one attached hydrogen (secondary N) is 2. The number of aromatic nitrogens is 1. The van der Waals surface area contributed by atoms with Gasteiger partial charge < -0.3 is 10.6 Å². The Balaban J connectivity index is 1.99. The van der Waals surface area contributed by atoms with Gasteiger partial charge in [0.1, 0.15) is 5.82 Å². The lowest BCUT2D eigenvalue weighted by Crippen LogP contribution is -2.36. The first-order chi connectivity index (χ1) is 8.72. The molecule has 0 atom stereocenters. The van der Waals surface area contributed by atoms with Crippen LogP contribution in [0.25, 0.3) is 0 Å². The Morgan fingerprint density at radius 1 is 1.28 bits per heavy atom. The Bertz CT molecular complexity index is 370. The first kappa shape index (κ1) is 13.2. The zero-order valence-electron chi connectivity index (χ0n) is 11.6. The van der Waals surface area contributed by atoms with Gasteiger partial charge in [-0.3, -0.25) is 0 Å². The predicted molar refractivity (Wildman–Crippen MR) is 78.1 cm³/mol. The van der Waals surface area contributed by atoms with Gasteiger partial charge in [0.05, 0.1) is 0 Å². The highest BCUT2D eigenvalue weighted by molar-refractivity contribution is 5.53. The van der Waals surface area contributed by atoms with Crippen molar-refractivity contribution < 1.29 is 0 Å². The van der Waals surface area contributed by atoms with Crippen LogP contribution in [0.1, 0.15) is 52.4 Å². The van der Waals surface area contributed by atoms with Gasteiger partial charge in [0.15, 0.2) is 0 Å². The molecule has 0 saturated heterocycles. The summed E-state index contributed by atoms with van der Waals surface area (Å²) in [5.41, 5.74) is 1.45. The molecule has 1 fully saturated rings. The van der Waals surface area contributed by atoms with Crippen LogP contribution < -0.4 is 10.6 Å². The van der Waals surface area contributed by atoms with E-state index in [-0.39, 0.29) is 5.54 Å². The zero-order chi connectivity index (χ0) is 12.8. The zero-order valence-corrected chi connectivity index (χ0v) is 11.6. The molecule has 1 heterocycles. The summed E-state index contributed by atoms with van der Waals surface area (Å²) in [6, 6.07) is 4.19.